The first kappa shape index (κ1) is 21.2. The monoisotopic (exact) mass is 387 g/mol. The van der Waals surface area contributed by atoms with Crippen molar-refractivity contribution in [2.45, 2.75) is 26.1 Å². The minimum Gasteiger partial charge on any atom is -0.497 e. The molecule has 150 valence electrons. The molecule has 0 unspecified atom stereocenters. The third kappa shape index (κ3) is 5.72. The minimum atomic E-state index is -0.479. The molecule has 0 aromatic heterocycles. The number of esters is 2. The van der Waals surface area contributed by atoms with Crippen LogP contribution in [-0.2, 0) is 27.4 Å². The van der Waals surface area contributed by atoms with Crippen molar-refractivity contribution in [2.75, 3.05) is 21.3 Å². The van der Waals surface area contributed by atoms with Crippen LogP contribution in [0, 0.1) is 0 Å². The molecule has 0 amide bonds. The van der Waals surface area contributed by atoms with Crippen LogP contribution < -0.4 is 14.8 Å². The van der Waals surface area contributed by atoms with Crippen LogP contribution in [-0.4, -0.2) is 39.3 Å². The Bertz CT molecular complexity index is 803. The number of ether oxygens (including phenoxy) is 4. The zero-order valence-corrected chi connectivity index (χ0v) is 16.5. The molecule has 1 N–H and O–H groups in total. The highest BCUT2D eigenvalue weighted by molar-refractivity contribution is 5.92. The van der Waals surface area contributed by atoms with Gasteiger partial charge < -0.3 is 24.3 Å². The van der Waals surface area contributed by atoms with Gasteiger partial charge in [-0.2, -0.15) is 0 Å². The van der Waals surface area contributed by atoms with E-state index in [1.54, 1.807) is 32.2 Å². The lowest BCUT2D eigenvalue weighted by Crippen LogP contribution is -2.34. The molecule has 0 saturated heterocycles. The standard InChI is InChI=1S/C21H25NO6/c1-14(20(23)26-3)22-12-16-7-10-18(21(24)27-4)19(11-16)28-13-15-5-8-17(25-2)9-6-15/h5-11,14,22H,12-13H2,1-4H3/t14-/m1/s1. The fourth-order valence-corrected chi connectivity index (χ4v) is 2.49. The van der Waals surface area contributed by atoms with Crippen molar-refractivity contribution in [1.82, 2.24) is 5.32 Å². The largest absolute Gasteiger partial charge is 0.497 e. The van der Waals surface area contributed by atoms with E-state index in [4.69, 9.17) is 18.9 Å². The van der Waals surface area contributed by atoms with Crippen molar-refractivity contribution in [2.24, 2.45) is 0 Å². The molecule has 0 spiro atoms. The molecular weight excluding hydrogens is 362 g/mol. The van der Waals surface area contributed by atoms with E-state index in [2.05, 4.69) is 5.32 Å². The smallest absolute Gasteiger partial charge is 0.341 e. The van der Waals surface area contributed by atoms with E-state index in [0.717, 1.165) is 16.9 Å². The van der Waals surface area contributed by atoms with Gasteiger partial charge in [0.05, 0.1) is 21.3 Å². The summed E-state index contributed by atoms with van der Waals surface area (Å²) >= 11 is 0. The van der Waals surface area contributed by atoms with Crippen LogP contribution in [0.3, 0.4) is 0 Å². The molecule has 1 atom stereocenters. The summed E-state index contributed by atoms with van der Waals surface area (Å²) in [6.45, 7) is 2.41. The van der Waals surface area contributed by atoms with E-state index in [-0.39, 0.29) is 12.6 Å². The molecule has 2 aromatic rings. The van der Waals surface area contributed by atoms with Gasteiger partial charge in [0.15, 0.2) is 0 Å². The van der Waals surface area contributed by atoms with Crippen LogP contribution in [0.2, 0.25) is 0 Å². The molecule has 2 aromatic carbocycles. The van der Waals surface area contributed by atoms with E-state index in [0.29, 0.717) is 17.9 Å². The van der Waals surface area contributed by atoms with Crippen molar-refractivity contribution in [3.63, 3.8) is 0 Å². The van der Waals surface area contributed by atoms with Gasteiger partial charge >= 0.3 is 11.9 Å². The number of carbonyl (C=O) groups is 2. The van der Waals surface area contributed by atoms with Gasteiger partial charge in [0.25, 0.3) is 0 Å². The highest BCUT2D eigenvalue weighted by atomic mass is 16.5. The molecule has 0 fully saturated rings. The summed E-state index contributed by atoms with van der Waals surface area (Å²) in [6, 6.07) is 12.2. The molecule has 0 aliphatic carbocycles. The molecule has 0 saturated carbocycles. The lowest BCUT2D eigenvalue weighted by Gasteiger charge is -2.14. The quantitative estimate of drug-likeness (QED) is 0.663. The first-order valence-electron chi connectivity index (χ1n) is 8.76. The van der Waals surface area contributed by atoms with Crippen LogP contribution in [0.4, 0.5) is 0 Å². The topological polar surface area (TPSA) is 83.1 Å². The van der Waals surface area contributed by atoms with Gasteiger partial charge in [-0.15, -0.1) is 0 Å². The van der Waals surface area contributed by atoms with Gasteiger partial charge in [-0.1, -0.05) is 18.2 Å². The Morgan fingerprint density at radius 2 is 1.64 bits per heavy atom. The molecule has 2 rings (SSSR count). The molecule has 0 radical (unpaired) electrons. The highest BCUT2D eigenvalue weighted by Gasteiger charge is 2.16. The molecule has 0 aliphatic rings. The number of hydrogen-bond donors (Lipinski definition) is 1. The summed E-state index contributed by atoms with van der Waals surface area (Å²) < 4.78 is 20.5. The SMILES string of the molecule is COC(=O)c1ccc(CN[C@H](C)C(=O)OC)cc1OCc1ccc(OC)cc1. The number of rotatable bonds is 9. The maximum atomic E-state index is 12.0. The number of nitrogens with one attached hydrogen (secondary N) is 1. The number of hydrogen-bond acceptors (Lipinski definition) is 7. The fourth-order valence-electron chi connectivity index (χ4n) is 2.49. The molecule has 28 heavy (non-hydrogen) atoms. The predicted octanol–water partition coefficient (Wildman–Crippen LogP) is 2.71. The Kier molecular flexibility index (Phi) is 7.83. The Morgan fingerprint density at radius 3 is 2.25 bits per heavy atom. The Morgan fingerprint density at radius 1 is 0.964 bits per heavy atom. The lowest BCUT2D eigenvalue weighted by molar-refractivity contribution is -0.142. The zero-order valence-electron chi connectivity index (χ0n) is 16.5. The molecule has 0 aliphatic heterocycles. The summed E-state index contributed by atoms with van der Waals surface area (Å²) in [4.78, 5) is 23.5. The zero-order chi connectivity index (χ0) is 20.5. The molecule has 0 heterocycles. The summed E-state index contributed by atoms with van der Waals surface area (Å²) in [7, 11) is 4.27. The second-order valence-electron chi connectivity index (χ2n) is 6.08. The van der Waals surface area contributed by atoms with Crippen molar-refractivity contribution in [3.8, 4) is 11.5 Å². The van der Waals surface area contributed by atoms with E-state index >= 15 is 0 Å². The van der Waals surface area contributed by atoms with Crippen molar-refractivity contribution in [3.05, 3.63) is 59.2 Å². The van der Waals surface area contributed by atoms with Crippen molar-refractivity contribution >= 4 is 11.9 Å². The van der Waals surface area contributed by atoms with Gasteiger partial charge in [0.1, 0.15) is 29.7 Å². The third-order valence-electron chi connectivity index (χ3n) is 4.17. The van der Waals surface area contributed by atoms with E-state index < -0.39 is 12.0 Å². The average molecular weight is 387 g/mol. The fraction of sp³-hybridized carbons (Fsp3) is 0.333. The first-order chi connectivity index (χ1) is 13.5. The summed E-state index contributed by atoms with van der Waals surface area (Å²) in [5, 5.41) is 3.07. The number of methoxy groups -OCH3 is 3. The Hall–Kier alpha value is -3.06. The van der Waals surface area contributed by atoms with Gasteiger partial charge in [0.2, 0.25) is 0 Å². The van der Waals surface area contributed by atoms with Crippen LogP contribution >= 0.6 is 0 Å². The Balaban J connectivity index is 2.13. The first-order valence-corrected chi connectivity index (χ1v) is 8.76. The Labute approximate surface area is 164 Å². The second kappa shape index (κ2) is 10.3. The molecular formula is C21H25NO6. The van der Waals surface area contributed by atoms with Gasteiger partial charge in [-0.3, -0.25) is 4.79 Å². The summed E-state index contributed by atoms with van der Waals surface area (Å²) in [5.41, 5.74) is 2.12. The van der Waals surface area contributed by atoms with Crippen molar-refractivity contribution < 1.29 is 28.5 Å². The van der Waals surface area contributed by atoms with Gasteiger partial charge in [0, 0.05) is 6.54 Å². The summed E-state index contributed by atoms with van der Waals surface area (Å²) in [6.07, 6.45) is 0. The molecule has 7 heteroatoms. The average Bonchev–Trinajstić information content (AvgIpc) is 2.75. The van der Waals surface area contributed by atoms with E-state index in [9.17, 15) is 9.59 Å². The second-order valence-corrected chi connectivity index (χ2v) is 6.08. The van der Waals surface area contributed by atoms with Gasteiger partial charge in [-0.25, -0.2) is 4.79 Å². The summed E-state index contributed by atoms with van der Waals surface area (Å²) in [5.74, 6) is 0.341. The van der Waals surface area contributed by atoms with Crippen LogP contribution in [0.15, 0.2) is 42.5 Å². The predicted molar refractivity (Wildman–Crippen MR) is 103 cm³/mol. The van der Waals surface area contributed by atoms with Crippen LogP contribution in [0.1, 0.15) is 28.4 Å². The highest BCUT2D eigenvalue weighted by Crippen LogP contribution is 2.23. The maximum absolute atomic E-state index is 12.0. The minimum absolute atomic E-state index is 0.281. The van der Waals surface area contributed by atoms with Crippen LogP contribution in [0.5, 0.6) is 11.5 Å². The van der Waals surface area contributed by atoms with Crippen LogP contribution in [0.25, 0.3) is 0 Å². The van der Waals surface area contributed by atoms with E-state index in [1.807, 2.05) is 24.3 Å². The molecule has 0 bridgehead atoms. The maximum Gasteiger partial charge on any atom is 0.341 e. The lowest BCUT2D eigenvalue weighted by atomic mass is 10.1. The molecule has 7 nitrogen and oxygen atoms in total. The van der Waals surface area contributed by atoms with E-state index in [1.165, 1.54) is 14.2 Å². The number of carbonyl (C=O) groups excluding carboxylic acids is 2. The van der Waals surface area contributed by atoms with Crippen molar-refractivity contribution in [1.29, 1.82) is 0 Å². The number of benzene rings is 2. The normalized spacial score (nSPS) is 11.4. The van der Waals surface area contributed by atoms with Gasteiger partial charge in [-0.05, 0) is 42.3 Å². The third-order valence-corrected chi connectivity index (χ3v) is 4.17.